The molecule has 0 atom stereocenters. The van der Waals surface area contributed by atoms with Gasteiger partial charge in [-0.1, -0.05) is 12.1 Å². The van der Waals surface area contributed by atoms with E-state index in [-0.39, 0.29) is 0 Å². The number of benzene rings is 2. The van der Waals surface area contributed by atoms with E-state index in [1.54, 1.807) is 7.11 Å². The molecule has 4 heteroatoms. The average molecular weight is 258 g/mol. The highest BCUT2D eigenvalue weighted by Crippen LogP contribution is 2.17. The van der Waals surface area contributed by atoms with Gasteiger partial charge in [-0.05, 0) is 24.3 Å². The van der Waals surface area contributed by atoms with Crippen LogP contribution in [0.4, 0.5) is 11.4 Å². The van der Waals surface area contributed by atoms with Gasteiger partial charge in [0.25, 0.3) is 0 Å². The number of nitrogen functional groups attached to an aromatic ring is 1. The molecule has 0 spiro atoms. The van der Waals surface area contributed by atoms with Crippen LogP contribution in [0.15, 0.2) is 48.5 Å². The third-order valence-corrected chi connectivity index (χ3v) is 2.63. The SMILES string of the molecule is COc1cccc(NCCOc2cccc(N)c2)c1. The lowest BCUT2D eigenvalue weighted by molar-refractivity contribution is 0.333. The second-order valence-electron chi connectivity index (χ2n) is 4.08. The summed E-state index contributed by atoms with van der Waals surface area (Å²) in [5.41, 5.74) is 7.39. The molecule has 100 valence electrons. The molecule has 0 saturated carbocycles. The Kier molecular flexibility index (Phi) is 4.50. The van der Waals surface area contributed by atoms with Crippen LogP contribution >= 0.6 is 0 Å². The van der Waals surface area contributed by atoms with E-state index in [0.29, 0.717) is 18.8 Å². The first kappa shape index (κ1) is 13.1. The van der Waals surface area contributed by atoms with Crippen LogP contribution in [0.2, 0.25) is 0 Å². The van der Waals surface area contributed by atoms with Crippen LogP contribution < -0.4 is 20.5 Å². The number of methoxy groups -OCH3 is 1. The lowest BCUT2D eigenvalue weighted by Crippen LogP contribution is -2.11. The Morgan fingerprint density at radius 2 is 1.84 bits per heavy atom. The normalized spacial score (nSPS) is 9.95. The van der Waals surface area contributed by atoms with E-state index in [2.05, 4.69) is 5.32 Å². The smallest absolute Gasteiger partial charge is 0.121 e. The lowest BCUT2D eigenvalue weighted by atomic mass is 10.3. The van der Waals surface area contributed by atoms with Crippen LogP contribution in [0.3, 0.4) is 0 Å². The molecular weight excluding hydrogens is 240 g/mol. The summed E-state index contributed by atoms with van der Waals surface area (Å²) in [7, 11) is 1.65. The maximum atomic E-state index is 5.68. The fourth-order valence-electron chi connectivity index (χ4n) is 1.70. The molecule has 0 fully saturated rings. The summed E-state index contributed by atoms with van der Waals surface area (Å²) in [6, 6.07) is 15.2. The molecule has 2 rings (SSSR count). The molecule has 0 aliphatic heterocycles. The molecule has 0 heterocycles. The standard InChI is InChI=1S/C15H18N2O2/c1-18-14-6-3-5-13(11-14)17-8-9-19-15-7-2-4-12(16)10-15/h2-7,10-11,17H,8-9,16H2,1H3. The van der Waals surface area contributed by atoms with Crippen LogP contribution in [0.1, 0.15) is 0 Å². The van der Waals surface area contributed by atoms with Crippen molar-refractivity contribution in [3.8, 4) is 11.5 Å². The van der Waals surface area contributed by atoms with Crippen LogP contribution in [0.5, 0.6) is 11.5 Å². The summed E-state index contributed by atoms with van der Waals surface area (Å²) in [4.78, 5) is 0. The fraction of sp³-hybridized carbons (Fsp3) is 0.200. The molecule has 0 saturated heterocycles. The van der Waals surface area contributed by atoms with Gasteiger partial charge in [0.1, 0.15) is 18.1 Å². The quantitative estimate of drug-likeness (QED) is 0.618. The predicted octanol–water partition coefficient (Wildman–Crippen LogP) is 2.77. The van der Waals surface area contributed by atoms with Crippen molar-refractivity contribution in [3.05, 3.63) is 48.5 Å². The second kappa shape index (κ2) is 6.54. The van der Waals surface area contributed by atoms with E-state index in [1.165, 1.54) is 0 Å². The first-order valence-corrected chi connectivity index (χ1v) is 6.14. The van der Waals surface area contributed by atoms with E-state index >= 15 is 0 Å². The van der Waals surface area contributed by atoms with Crippen molar-refractivity contribution in [1.29, 1.82) is 0 Å². The number of hydrogen-bond acceptors (Lipinski definition) is 4. The zero-order valence-electron chi connectivity index (χ0n) is 10.9. The van der Waals surface area contributed by atoms with Gasteiger partial charge in [0, 0.05) is 30.1 Å². The molecule has 0 radical (unpaired) electrons. The number of nitrogens with one attached hydrogen (secondary N) is 1. The monoisotopic (exact) mass is 258 g/mol. The Labute approximate surface area is 113 Å². The number of nitrogens with two attached hydrogens (primary N) is 1. The van der Waals surface area contributed by atoms with Gasteiger partial charge >= 0.3 is 0 Å². The van der Waals surface area contributed by atoms with Crippen LogP contribution in [-0.2, 0) is 0 Å². The van der Waals surface area contributed by atoms with Crippen molar-refractivity contribution in [2.24, 2.45) is 0 Å². The van der Waals surface area contributed by atoms with Crippen molar-refractivity contribution >= 4 is 11.4 Å². The van der Waals surface area contributed by atoms with Crippen molar-refractivity contribution in [1.82, 2.24) is 0 Å². The largest absolute Gasteiger partial charge is 0.497 e. The van der Waals surface area contributed by atoms with Gasteiger partial charge in [-0.25, -0.2) is 0 Å². The average Bonchev–Trinajstić information content (AvgIpc) is 2.44. The van der Waals surface area contributed by atoms with E-state index in [0.717, 1.165) is 17.2 Å². The molecule has 0 aliphatic carbocycles. The Bertz CT molecular complexity index is 529. The third kappa shape index (κ3) is 4.10. The van der Waals surface area contributed by atoms with E-state index < -0.39 is 0 Å². The maximum absolute atomic E-state index is 5.68. The summed E-state index contributed by atoms with van der Waals surface area (Å²) in [6.45, 7) is 1.28. The van der Waals surface area contributed by atoms with Gasteiger partial charge < -0.3 is 20.5 Å². The topological polar surface area (TPSA) is 56.5 Å². The highest BCUT2D eigenvalue weighted by Gasteiger charge is 1.96. The highest BCUT2D eigenvalue weighted by atomic mass is 16.5. The first-order valence-electron chi connectivity index (χ1n) is 6.14. The molecule has 3 N–H and O–H groups in total. The number of ether oxygens (including phenoxy) is 2. The second-order valence-corrected chi connectivity index (χ2v) is 4.08. The maximum Gasteiger partial charge on any atom is 0.121 e. The zero-order valence-corrected chi connectivity index (χ0v) is 10.9. The minimum atomic E-state index is 0.570. The molecule has 0 aromatic heterocycles. The molecule has 4 nitrogen and oxygen atoms in total. The zero-order chi connectivity index (χ0) is 13.5. The summed E-state index contributed by atoms with van der Waals surface area (Å²) in [5, 5.41) is 3.27. The summed E-state index contributed by atoms with van der Waals surface area (Å²) < 4.78 is 10.7. The summed E-state index contributed by atoms with van der Waals surface area (Å²) >= 11 is 0. The van der Waals surface area contributed by atoms with E-state index in [4.69, 9.17) is 15.2 Å². The van der Waals surface area contributed by atoms with E-state index in [9.17, 15) is 0 Å². The van der Waals surface area contributed by atoms with Gasteiger partial charge in [-0.15, -0.1) is 0 Å². The molecule has 2 aromatic carbocycles. The molecular formula is C15H18N2O2. The highest BCUT2D eigenvalue weighted by molar-refractivity contribution is 5.48. The van der Waals surface area contributed by atoms with Crippen molar-refractivity contribution in [2.75, 3.05) is 31.3 Å². The summed E-state index contributed by atoms with van der Waals surface area (Å²) in [5.74, 6) is 1.62. The number of hydrogen-bond donors (Lipinski definition) is 2. The Hall–Kier alpha value is -2.36. The molecule has 0 amide bonds. The molecule has 0 unspecified atom stereocenters. The third-order valence-electron chi connectivity index (χ3n) is 2.63. The fourth-order valence-corrected chi connectivity index (χ4v) is 1.70. The van der Waals surface area contributed by atoms with Gasteiger partial charge in [0.15, 0.2) is 0 Å². The molecule has 0 bridgehead atoms. The van der Waals surface area contributed by atoms with Crippen molar-refractivity contribution < 1.29 is 9.47 Å². The minimum Gasteiger partial charge on any atom is -0.497 e. The van der Waals surface area contributed by atoms with E-state index in [1.807, 2.05) is 48.5 Å². The number of anilines is 2. The predicted molar refractivity (Wildman–Crippen MR) is 77.8 cm³/mol. The van der Waals surface area contributed by atoms with Gasteiger partial charge in [-0.2, -0.15) is 0 Å². The molecule has 19 heavy (non-hydrogen) atoms. The Morgan fingerprint density at radius 1 is 1.05 bits per heavy atom. The van der Waals surface area contributed by atoms with Crippen LogP contribution in [0.25, 0.3) is 0 Å². The summed E-state index contributed by atoms with van der Waals surface area (Å²) in [6.07, 6.45) is 0. The van der Waals surface area contributed by atoms with Crippen molar-refractivity contribution in [3.63, 3.8) is 0 Å². The first-order chi connectivity index (χ1) is 9.28. The number of rotatable bonds is 6. The molecule has 2 aromatic rings. The Morgan fingerprint density at radius 3 is 2.63 bits per heavy atom. The van der Waals surface area contributed by atoms with Crippen molar-refractivity contribution in [2.45, 2.75) is 0 Å². The van der Waals surface area contributed by atoms with Gasteiger partial charge in [0.2, 0.25) is 0 Å². The minimum absolute atomic E-state index is 0.570. The van der Waals surface area contributed by atoms with Gasteiger partial charge in [0.05, 0.1) is 7.11 Å². The Balaban J connectivity index is 1.77. The lowest BCUT2D eigenvalue weighted by Gasteiger charge is -2.09. The molecule has 0 aliphatic rings. The van der Waals surface area contributed by atoms with Crippen LogP contribution in [-0.4, -0.2) is 20.3 Å². The van der Waals surface area contributed by atoms with Crippen LogP contribution in [0, 0.1) is 0 Å². The van der Waals surface area contributed by atoms with Gasteiger partial charge in [-0.3, -0.25) is 0 Å².